The number of hydrogen-bond donors (Lipinski definition) is 2. The van der Waals surface area contributed by atoms with E-state index in [0.717, 1.165) is 5.56 Å². The molecule has 0 spiro atoms. The van der Waals surface area contributed by atoms with Crippen molar-refractivity contribution in [2.24, 2.45) is 0 Å². The van der Waals surface area contributed by atoms with E-state index < -0.39 is 0 Å². The summed E-state index contributed by atoms with van der Waals surface area (Å²) >= 11 is 2.66. The third-order valence-corrected chi connectivity index (χ3v) is 5.09. The van der Waals surface area contributed by atoms with Gasteiger partial charge in [-0.1, -0.05) is 6.07 Å². The molecule has 0 saturated heterocycles. The molecule has 2 amide bonds. The number of thioether (sulfide) groups is 1. The molecule has 1 aromatic heterocycles. The van der Waals surface area contributed by atoms with Gasteiger partial charge in [-0.2, -0.15) is 0 Å². The van der Waals surface area contributed by atoms with Crippen LogP contribution in [0, 0.1) is 0 Å². The normalized spacial score (nSPS) is 10.2. The smallest absolute Gasteiger partial charge is 0.279 e. The lowest BCUT2D eigenvalue weighted by Gasteiger charge is -2.10. The molecular weight excluding hydrogens is 360 g/mol. The molecule has 6 nitrogen and oxygen atoms in total. The summed E-state index contributed by atoms with van der Waals surface area (Å²) < 4.78 is 5.28. The van der Waals surface area contributed by atoms with Crippen LogP contribution in [0.5, 0.6) is 5.75 Å². The fourth-order valence-corrected chi connectivity index (χ4v) is 3.42. The molecule has 1 heterocycles. The number of methoxy groups -OCH3 is 1. The van der Waals surface area contributed by atoms with Crippen molar-refractivity contribution in [3.05, 3.63) is 51.7 Å². The number of ketones is 1. The lowest BCUT2D eigenvalue weighted by Crippen LogP contribution is -2.42. The van der Waals surface area contributed by atoms with Crippen LogP contribution < -0.4 is 15.6 Å². The Morgan fingerprint density at radius 1 is 1.20 bits per heavy atom. The third kappa shape index (κ3) is 5.61. The zero-order valence-electron chi connectivity index (χ0n) is 13.8. The van der Waals surface area contributed by atoms with Crippen LogP contribution in [0.3, 0.4) is 0 Å². The quantitative estimate of drug-likeness (QED) is 0.572. The number of carbonyl (C=O) groups is 3. The predicted molar refractivity (Wildman–Crippen MR) is 99.1 cm³/mol. The zero-order chi connectivity index (χ0) is 18.2. The van der Waals surface area contributed by atoms with E-state index in [1.165, 1.54) is 30.0 Å². The van der Waals surface area contributed by atoms with E-state index in [2.05, 4.69) is 10.9 Å². The molecule has 0 unspecified atom stereocenters. The van der Waals surface area contributed by atoms with Gasteiger partial charge in [0.15, 0.2) is 5.78 Å². The van der Waals surface area contributed by atoms with Crippen molar-refractivity contribution in [2.75, 3.05) is 12.9 Å². The maximum atomic E-state index is 11.8. The van der Waals surface area contributed by atoms with Crippen LogP contribution >= 0.6 is 23.1 Å². The van der Waals surface area contributed by atoms with Gasteiger partial charge in [0, 0.05) is 16.9 Å². The minimum Gasteiger partial charge on any atom is -0.496 e. The molecule has 0 aliphatic rings. The van der Waals surface area contributed by atoms with Gasteiger partial charge in [-0.25, -0.2) is 0 Å². The first-order valence-corrected chi connectivity index (χ1v) is 9.43. The minimum atomic E-state index is -0.343. The van der Waals surface area contributed by atoms with E-state index in [9.17, 15) is 14.4 Å². The van der Waals surface area contributed by atoms with Crippen LogP contribution in [0.25, 0.3) is 0 Å². The van der Waals surface area contributed by atoms with E-state index in [1.807, 2.05) is 0 Å². The number of hydrazine groups is 1. The summed E-state index contributed by atoms with van der Waals surface area (Å²) in [6, 6.07) is 8.66. The van der Waals surface area contributed by atoms with Crippen LogP contribution in [0.15, 0.2) is 35.7 Å². The second-order valence-electron chi connectivity index (χ2n) is 5.06. The van der Waals surface area contributed by atoms with Gasteiger partial charge in [0.2, 0.25) is 5.91 Å². The molecule has 2 rings (SSSR count). The van der Waals surface area contributed by atoms with Crippen molar-refractivity contribution < 1.29 is 19.1 Å². The molecular formula is C17H18N2O4S2. The van der Waals surface area contributed by atoms with Crippen molar-refractivity contribution in [1.29, 1.82) is 0 Å². The number of rotatable bonds is 7. The Labute approximate surface area is 153 Å². The first kappa shape index (κ1) is 19.0. The Morgan fingerprint density at radius 2 is 2.00 bits per heavy atom. The number of carbonyl (C=O) groups excluding carboxylic acids is 3. The molecule has 0 radical (unpaired) electrons. The zero-order valence-corrected chi connectivity index (χ0v) is 15.5. The molecule has 0 aliphatic heterocycles. The number of hydrogen-bond acceptors (Lipinski definition) is 6. The number of benzene rings is 1. The summed E-state index contributed by atoms with van der Waals surface area (Å²) in [5, 5.41) is 1.79. The Kier molecular flexibility index (Phi) is 7.03. The monoisotopic (exact) mass is 378 g/mol. The average Bonchev–Trinajstić information content (AvgIpc) is 3.14. The van der Waals surface area contributed by atoms with Gasteiger partial charge >= 0.3 is 0 Å². The molecule has 2 N–H and O–H groups in total. The molecule has 0 bridgehead atoms. The molecule has 132 valence electrons. The maximum Gasteiger partial charge on any atom is 0.279 e. The number of nitrogens with one attached hydrogen (secondary N) is 2. The van der Waals surface area contributed by atoms with Gasteiger partial charge in [0.1, 0.15) is 5.75 Å². The molecule has 0 atom stereocenters. The van der Waals surface area contributed by atoms with Gasteiger partial charge in [-0.15, -0.1) is 23.1 Å². The Morgan fingerprint density at radius 3 is 2.64 bits per heavy atom. The van der Waals surface area contributed by atoms with Crippen LogP contribution in [-0.2, 0) is 10.5 Å². The topological polar surface area (TPSA) is 84.5 Å². The summed E-state index contributed by atoms with van der Waals surface area (Å²) in [5.74, 6) is 0.669. The standard InChI is InChI=1S/C17H18N2O4S2/c1-11(20)12-5-6-14(23-2)13(8-12)9-24-10-16(21)18-19-17(22)15-4-3-7-25-15/h3-8H,9-10H2,1-2H3,(H,18,21)(H,19,22). The van der Waals surface area contributed by atoms with E-state index >= 15 is 0 Å². The van der Waals surface area contributed by atoms with E-state index in [1.54, 1.807) is 42.8 Å². The molecule has 1 aromatic carbocycles. The number of Topliss-reactive ketones (excluding diaryl/α,β-unsaturated/α-hetero) is 1. The SMILES string of the molecule is COc1ccc(C(C)=O)cc1CSCC(=O)NNC(=O)c1cccs1. The largest absolute Gasteiger partial charge is 0.496 e. The van der Waals surface area contributed by atoms with Gasteiger partial charge in [-0.3, -0.25) is 25.2 Å². The highest BCUT2D eigenvalue weighted by molar-refractivity contribution is 7.99. The highest BCUT2D eigenvalue weighted by atomic mass is 32.2. The average molecular weight is 378 g/mol. The van der Waals surface area contributed by atoms with Crippen molar-refractivity contribution in [2.45, 2.75) is 12.7 Å². The van der Waals surface area contributed by atoms with Gasteiger partial charge in [0.25, 0.3) is 5.91 Å². The van der Waals surface area contributed by atoms with Crippen LogP contribution in [0.4, 0.5) is 0 Å². The summed E-state index contributed by atoms with van der Waals surface area (Å²) in [6.45, 7) is 1.50. The van der Waals surface area contributed by atoms with Crippen molar-refractivity contribution in [3.63, 3.8) is 0 Å². The highest BCUT2D eigenvalue weighted by Crippen LogP contribution is 2.24. The Bertz CT molecular complexity index is 760. The fraction of sp³-hybridized carbons (Fsp3) is 0.235. The maximum absolute atomic E-state index is 11.8. The number of amides is 2. The molecule has 2 aromatic rings. The molecule has 0 fully saturated rings. The van der Waals surface area contributed by atoms with E-state index in [-0.39, 0.29) is 23.4 Å². The molecule has 0 saturated carbocycles. The first-order chi connectivity index (χ1) is 12.0. The lowest BCUT2D eigenvalue weighted by atomic mass is 10.1. The Balaban J connectivity index is 1.81. The van der Waals surface area contributed by atoms with Crippen LogP contribution in [-0.4, -0.2) is 30.5 Å². The number of thiophene rings is 1. The second kappa shape index (κ2) is 9.24. The van der Waals surface area contributed by atoms with Crippen LogP contribution in [0.2, 0.25) is 0 Å². The Hall–Kier alpha value is -2.32. The minimum absolute atomic E-state index is 0.0251. The van der Waals surface area contributed by atoms with Gasteiger partial charge in [-0.05, 0) is 36.6 Å². The summed E-state index contributed by atoms with van der Waals surface area (Å²) in [7, 11) is 1.56. The van der Waals surface area contributed by atoms with Crippen molar-refractivity contribution in [1.82, 2.24) is 10.9 Å². The van der Waals surface area contributed by atoms with Gasteiger partial charge < -0.3 is 4.74 Å². The summed E-state index contributed by atoms with van der Waals surface area (Å²) in [5.41, 5.74) is 6.19. The third-order valence-electron chi connectivity index (χ3n) is 3.24. The fourth-order valence-electron chi connectivity index (χ4n) is 2.00. The summed E-state index contributed by atoms with van der Waals surface area (Å²) in [4.78, 5) is 35.5. The first-order valence-electron chi connectivity index (χ1n) is 7.39. The lowest BCUT2D eigenvalue weighted by molar-refractivity contribution is -0.119. The summed E-state index contributed by atoms with van der Waals surface area (Å²) in [6.07, 6.45) is 0. The van der Waals surface area contributed by atoms with Gasteiger partial charge in [0.05, 0.1) is 17.7 Å². The van der Waals surface area contributed by atoms with Crippen molar-refractivity contribution in [3.8, 4) is 5.75 Å². The number of ether oxygens (including phenoxy) is 1. The van der Waals surface area contributed by atoms with Crippen LogP contribution in [0.1, 0.15) is 32.5 Å². The molecule has 8 heteroatoms. The van der Waals surface area contributed by atoms with Crippen molar-refractivity contribution >= 4 is 40.7 Å². The van der Waals surface area contributed by atoms with E-state index in [0.29, 0.717) is 21.9 Å². The predicted octanol–water partition coefficient (Wildman–Crippen LogP) is 2.65. The molecule has 0 aliphatic carbocycles. The molecule has 25 heavy (non-hydrogen) atoms. The highest BCUT2D eigenvalue weighted by Gasteiger charge is 2.10. The second-order valence-corrected chi connectivity index (χ2v) is 6.99. The van der Waals surface area contributed by atoms with E-state index in [4.69, 9.17) is 4.74 Å².